The highest BCUT2D eigenvalue weighted by Gasteiger charge is 2.40. The maximum absolute atomic E-state index is 12.7. The fraction of sp³-hybridized carbons (Fsp3) is 0.333. The molecule has 0 aliphatic rings. The van der Waals surface area contributed by atoms with Crippen LogP contribution in [0.25, 0.3) is 0 Å². The van der Waals surface area contributed by atoms with Gasteiger partial charge in [-0.15, -0.1) is 0 Å². The van der Waals surface area contributed by atoms with Gasteiger partial charge in [-0.1, -0.05) is 12.7 Å². The summed E-state index contributed by atoms with van der Waals surface area (Å²) in [6.07, 6.45) is -4.96. The Morgan fingerprint density at radius 3 is 2.25 bits per heavy atom. The zero-order valence-corrected chi connectivity index (χ0v) is 10.5. The highest BCUT2D eigenvalue weighted by molar-refractivity contribution is 5.23. The Bertz CT molecular complexity index is 495. The lowest BCUT2D eigenvalue weighted by atomic mass is 10.3. The predicted molar refractivity (Wildman–Crippen MR) is 61.5 cm³/mol. The molecule has 0 aromatic carbocycles. The largest absolute Gasteiger partial charge is 0.431 e. The number of hydrogen-bond acceptors (Lipinski definition) is 1. The Kier molecular flexibility index (Phi) is 4.57. The molecule has 1 rings (SSSR count). The number of aromatic nitrogens is 1. The number of alkyl halides is 6. The van der Waals surface area contributed by atoms with Gasteiger partial charge in [0.2, 0.25) is 0 Å². The number of rotatable bonds is 4. The van der Waals surface area contributed by atoms with Gasteiger partial charge in [-0.2, -0.15) is 26.3 Å². The molecule has 2 nitrogen and oxygen atoms in total. The Morgan fingerprint density at radius 2 is 1.80 bits per heavy atom. The lowest BCUT2D eigenvalue weighted by molar-refractivity contribution is -0.144. The van der Waals surface area contributed by atoms with E-state index in [0.29, 0.717) is 10.8 Å². The SMILES string of the molecule is C=C/C=C\N(C)Cn1cc(C(F)(F)F)cc1C(F)(F)F. The van der Waals surface area contributed by atoms with E-state index in [2.05, 4.69) is 6.58 Å². The zero-order valence-electron chi connectivity index (χ0n) is 10.5. The molecule has 0 N–H and O–H groups in total. The molecule has 0 radical (unpaired) electrons. The van der Waals surface area contributed by atoms with Gasteiger partial charge in [0.15, 0.2) is 0 Å². The molecule has 112 valence electrons. The van der Waals surface area contributed by atoms with Crippen molar-refractivity contribution < 1.29 is 26.3 Å². The molecule has 0 fully saturated rings. The quantitative estimate of drug-likeness (QED) is 0.600. The van der Waals surface area contributed by atoms with Crippen molar-refractivity contribution in [1.29, 1.82) is 0 Å². The molecule has 0 atom stereocenters. The number of allylic oxidation sites excluding steroid dienone is 2. The molecule has 0 aliphatic carbocycles. The molecule has 0 unspecified atom stereocenters. The first-order chi connectivity index (χ1) is 9.05. The van der Waals surface area contributed by atoms with Crippen LogP contribution in [0.1, 0.15) is 11.3 Å². The third-order valence-electron chi connectivity index (χ3n) is 2.37. The maximum Gasteiger partial charge on any atom is 0.431 e. The van der Waals surface area contributed by atoms with Gasteiger partial charge in [-0.3, -0.25) is 0 Å². The number of hydrogen-bond donors (Lipinski definition) is 0. The van der Waals surface area contributed by atoms with Crippen molar-refractivity contribution in [3.63, 3.8) is 0 Å². The van der Waals surface area contributed by atoms with Crippen molar-refractivity contribution in [2.45, 2.75) is 19.0 Å². The summed E-state index contributed by atoms with van der Waals surface area (Å²) in [5.74, 6) is 0. The highest BCUT2D eigenvalue weighted by atomic mass is 19.4. The normalized spacial score (nSPS) is 12.9. The molecule has 8 heteroatoms. The second-order valence-electron chi connectivity index (χ2n) is 4.05. The summed E-state index contributed by atoms with van der Waals surface area (Å²) in [6, 6.07) is 0.102. The average molecular weight is 298 g/mol. The van der Waals surface area contributed by atoms with Gasteiger partial charge in [-0.05, 0) is 12.1 Å². The monoisotopic (exact) mass is 298 g/mol. The lowest BCUT2D eigenvalue weighted by Crippen LogP contribution is -2.20. The Balaban J connectivity index is 3.13. The summed E-state index contributed by atoms with van der Waals surface area (Å²) >= 11 is 0. The van der Waals surface area contributed by atoms with E-state index in [0.717, 1.165) is 0 Å². The van der Waals surface area contributed by atoms with Crippen LogP contribution in [-0.4, -0.2) is 16.5 Å². The third kappa shape index (κ3) is 4.07. The average Bonchev–Trinajstić information content (AvgIpc) is 2.69. The van der Waals surface area contributed by atoms with Crippen molar-refractivity contribution in [2.75, 3.05) is 7.05 Å². The third-order valence-corrected chi connectivity index (χ3v) is 2.37. The lowest BCUT2D eigenvalue weighted by Gasteiger charge is -2.18. The first kappa shape index (κ1) is 16.2. The van der Waals surface area contributed by atoms with Gasteiger partial charge < -0.3 is 9.47 Å². The minimum atomic E-state index is -4.85. The van der Waals surface area contributed by atoms with Gasteiger partial charge in [-0.25, -0.2) is 0 Å². The van der Waals surface area contributed by atoms with Gasteiger partial charge in [0.25, 0.3) is 0 Å². The molecule has 0 saturated carbocycles. The number of halogens is 6. The van der Waals surface area contributed by atoms with Crippen LogP contribution in [0.15, 0.2) is 37.2 Å². The van der Waals surface area contributed by atoms with Crippen LogP contribution in [0.3, 0.4) is 0 Å². The molecular formula is C12H12F6N2. The molecule has 1 aromatic heterocycles. The van der Waals surface area contributed by atoms with Crippen LogP contribution in [0, 0.1) is 0 Å². The highest BCUT2D eigenvalue weighted by Crippen LogP contribution is 2.36. The van der Waals surface area contributed by atoms with Crippen molar-refractivity contribution in [2.24, 2.45) is 0 Å². The summed E-state index contributed by atoms with van der Waals surface area (Å²) in [7, 11) is 1.44. The molecule has 0 bridgehead atoms. The molecule has 0 spiro atoms. The maximum atomic E-state index is 12.7. The molecular weight excluding hydrogens is 286 g/mol. The van der Waals surface area contributed by atoms with Crippen molar-refractivity contribution in [3.05, 3.63) is 48.5 Å². The zero-order chi connectivity index (χ0) is 15.6. The number of nitrogens with zero attached hydrogens (tertiary/aromatic N) is 2. The van der Waals surface area contributed by atoms with E-state index in [1.807, 2.05) is 0 Å². The van der Waals surface area contributed by atoms with Crippen molar-refractivity contribution >= 4 is 0 Å². The van der Waals surface area contributed by atoms with E-state index in [1.165, 1.54) is 30.3 Å². The minimum Gasteiger partial charge on any atom is -0.363 e. The first-order valence-electron chi connectivity index (χ1n) is 5.39. The van der Waals surface area contributed by atoms with Crippen molar-refractivity contribution in [1.82, 2.24) is 9.47 Å². The Hall–Kier alpha value is -1.86. The van der Waals surface area contributed by atoms with Crippen LogP contribution in [-0.2, 0) is 19.0 Å². The summed E-state index contributed by atoms with van der Waals surface area (Å²) in [4.78, 5) is 1.30. The smallest absolute Gasteiger partial charge is 0.363 e. The summed E-state index contributed by atoms with van der Waals surface area (Å²) in [5.41, 5.74) is -2.67. The Labute approximate surface area is 111 Å². The predicted octanol–water partition coefficient (Wildman–Crippen LogP) is 4.11. The summed E-state index contributed by atoms with van der Waals surface area (Å²) in [5, 5.41) is 0. The van der Waals surface area contributed by atoms with Crippen LogP contribution >= 0.6 is 0 Å². The van der Waals surface area contributed by atoms with E-state index in [-0.39, 0.29) is 12.7 Å². The summed E-state index contributed by atoms with van der Waals surface area (Å²) in [6.45, 7) is 3.02. The Morgan fingerprint density at radius 1 is 1.20 bits per heavy atom. The van der Waals surface area contributed by atoms with E-state index in [1.54, 1.807) is 0 Å². The van der Waals surface area contributed by atoms with Crippen LogP contribution in [0.2, 0.25) is 0 Å². The second-order valence-corrected chi connectivity index (χ2v) is 4.05. The minimum absolute atomic E-state index is 0.102. The van der Waals surface area contributed by atoms with E-state index < -0.39 is 23.6 Å². The second kappa shape index (κ2) is 5.64. The van der Waals surface area contributed by atoms with E-state index in [9.17, 15) is 26.3 Å². The molecule has 1 aromatic rings. The first-order valence-corrected chi connectivity index (χ1v) is 5.39. The van der Waals surface area contributed by atoms with Gasteiger partial charge in [0, 0.05) is 19.4 Å². The molecule has 20 heavy (non-hydrogen) atoms. The molecule has 0 aliphatic heterocycles. The van der Waals surface area contributed by atoms with Crippen LogP contribution in [0.4, 0.5) is 26.3 Å². The van der Waals surface area contributed by atoms with Gasteiger partial charge >= 0.3 is 12.4 Å². The van der Waals surface area contributed by atoms with E-state index >= 15 is 0 Å². The van der Waals surface area contributed by atoms with Crippen molar-refractivity contribution in [3.8, 4) is 0 Å². The van der Waals surface area contributed by atoms with Crippen LogP contribution < -0.4 is 0 Å². The van der Waals surface area contributed by atoms with Gasteiger partial charge in [0.1, 0.15) is 5.69 Å². The van der Waals surface area contributed by atoms with Crippen LogP contribution in [0.5, 0.6) is 0 Å². The topological polar surface area (TPSA) is 8.17 Å². The van der Waals surface area contributed by atoms with E-state index in [4.69, 9.17) is 0 Å². The molecule has 1 heterocycles. The standard InChI is InChI=1S/C12H12F6N2/c1-3-4-5-19(2)8-20-7-9(11(13,14)15)6-10(20)12(16,17)18/h3-7H,1,8H2,2H3/b5-4-. The summed E-state index contributed by atoms with van der Waals surface area (Å²) < 4.78 is 76.1. The molecule has 0 amide bonds. The fourth-order valence-electron chi connectivity index (χ4n) is 1.52. The van der Waals surface area contributed by atoms with Gasteiger partial charge in [0.05, 0.1) is 12.2 Å². The molecule has 0 saturated heterocycles. The fourth-order valence-corrected chi connectivity index (χ4v) is 1.52.